The summed E-state index contributed by atoms with van der Waals surface area (Å²) in [6, 6.07) is 13.6. The number of allylic oxidation sites excluding steroid dienone is 1. The summed E-state index contributed by atoms with van der Waals surface area (Å²) in [6.45, 7) is -0.0688. The number of nitrogens with one attached hydrogen (secondary N) is 3. The number of imide groups is 1. The molecule has 2 aromatic carbocycles. The quantitative estimate of drug-likeness (QED) is 0.302. The van der Waals surface area contributed by atoms with Crippen molar-refractivity contribution < 1.29 is 28.8 Å². The van der Waals surface area contributed by atoms with Crippen molar-refractivity contribution in [3.8, 4) is 0 Å². The van der Waals surface area contributed by atoms with Crippen LogP contribution in [0.3, 0.4) is 0 Å². The number of piperidine rings is 1. The molecule has 1 saturated carbocycles. The Morgan fingerprint density at radius 2 is 1.71 bits per heavy atom. The summed E-state index contributed by atoms with van der Waals surface area (Å²) in [6.07, 6.45) is 2.15. The van der Waals surface area contributed by atoms with Gasteiger partial charge >= 0.3 is 0 Å². The molecule has 1 unspecified atom stereocenters. The van der Waals surface area contributed by atoms with Gasteiger partial charge in [-0.25, -0.2) is 0 Å². The fraction of sp³-hybridized carbons (Fsp3) is 0.286. The van der Waals surface area contributed by atoms with Crippen LogP contribution in [0.15, 0.2) is 60.3 Å². The van der Waals surface area contributed by atoms with Crippen molar-refractivity contribution in [2.75, 3.05) is 11.9 Å². The molecule has 38 heavy (non-hydrogen) atoms. The van der Waals surface area contributed by atoms with Crippen molar-refractivity contribution in [3.63, 3.8) is 0 Å². The summed E-state index contributed by atoms with van der Waals surface area (Å²) in [7, 11) is 0. The number of carbonyl (C=O) groups is 6. The maximum atomic E-state index is 12.9. The van der Waals surface area contributed by atoms with Crippen molar-refractivity contribution in [2.24, 2.45) is 0 Å². The highest BCUT2D eigenvalue weighted by Gasteiger charge is 2.40. The second-order valence-electron chi connectivity index (χ2n) is 9.58. The summed E-state index contributed by atoms with van der Waals surface area (Å²) < 4.78 is 0. The van der Waals surface area contributed by atoms with Gasteiger partial charge in [0.2, 0.25) is 17.7 Å². The van der Waals surface area contributed by atoms with Gasteiger partial charge in [0.1, 0.15) is 6.04 Å². The molecule has 0 spiro atoms. The molecule has 4 amide bonds. The first-order valence-electron chi connectivity index (χ1n) is 12.4. The van der Waals surface area contributed by atoms with Crippen LogP contribution in [0.2, 0.25) is 0 Å². The molecule has 1 aliphatic carbocycles. The predicted molar refractivity (Wildman–Crippen MR) is 136 cm³/mol. The minimum Gasteiger partial charge on any atom is -0.381 e. The zero-order chi connectivity index (χ0) is 26.8. The average molecular weight is 515 g/mol. The number of fused-ring (bicyclic) bond motifs is 1. The van der Waals surface area contributed by atoms with Crippen LogP contribution in [0.5, 0.6) is 0 Å². The minimum absolute atomic E-state index is 0.0519. The highest BCUT2D eigenvalue weighted by atomic mass is 16.2. The van der Waals surface area contributed by atoms with E-state index in [0.717, 1.165) is 5.56 Å². The van der Waals surface area contributed by atoms with Gasteiger partial charge in [-0.1, -0.05) is 36.4 Å². The van der Waals surface area contributed by atoms with Crippen LogP contribution >= 0.6 is 0 Å². The normalized spacial score (nSPS) is 21.2. The molecule has 194 valence electrons. The Bertz CT molecular complexity index is 1360. The van der Waals surface area contributed by atoms with E-state index in [1.807, 2.05) is 30.3 Å². The zero-order valence-corrected chi connectivity index (χ0v) is 20.5. The maximum Gasteiger partial charge on any atom is 0.255 e. The number of rotatable bonds is 6. The van der Waals surface area contributed by atoms with Crippen LogP contribution in [-0.2, 0) is 30.5 Å². The van der Waals surface area contributed by atoms with E-state index < -0.39 is 17.9 Å². The largest absolute Gasteiger partial charge is 0.381 e. The molecule has 5 rings (SSSR count). The van der Waals surface area contributed by atoms with Crippen molar-refractivity contribution in [3.05, 3.63) is 77.0 Å². The van der Waals surface area contributed by atoms with E-state index in [4.69, 9.17) is 0 Å². The van der Waals surface area contributed by atoms with Crippen molar-refractivity contribution in [1.29, 1.82) is 0 Å². The van der Waals surface area contributed by atoms with E-state index >= 15 is 0 Å². The van der Waals surface area contributed by atoms with Crippen LogP contribution in [0.1, 0.15) is 53.1 Å². The average Bonchev–Trinajstić information content (AvgIpc) is 3.23. The Labute approximate surface area is 218 Å². The zero-order valence-electron chi connectivity index (χ0n) is 20.5. The summed E-state index contributed by atoms with van der Waals surface area (Å²) in [5.41, 5.74) is 2.40. The van der Waals surface area contributed by atoms with E-state index in [0.29, 0.717) is 16.8 Å². The lowest BCUT2D eigenvalue weighted by Crippen LogP contribution is -2.52. The Morgan fingerprint density at radius 3 is 2.42 bits per heavy atom. The third-order valence-corrected chi connectivity index (χ3v) is 7.10. The maximum absolute atomic E-state index is 12.9. The van der Waals surface area contributed by atoms with E-state index in [-0.39, 0.29) is 73.6 Å². The molecule has 2 fully saturated rings. The topological polar surface area (TPSA) is 142 Å². The first-order valence-corrected chi connectivity index (χ1v) is 12.4. The first kappa shape index (κ1) is 25.1. The summed E-state index contributed by atoms with van der Waals surface area (Å²) in [4.78, 5) is 76.0. The van der Waals surface area contributed by atoms with Crippen LogP contribution < -0.4 is 16.0 Å². The molecule has 1 atom stereocenters. The van der Waals surface area contributed by atoms with E-state index in [1.165, 1.54) is 11.1 Å². The number of ketones is 2. The Hall–Kier alpha value is -4.60. The highest BCUT2D eigenvalue weighted by molar-refractivity contribution is 6.22. The van der Waals surface area contributed by atoms with Gasteiger partial charge in [-0.05, 0) is 30.0 Å². The van der Waals surface area contributed by atoms with Gasteiger partial charge in [0.25, 0.3) is 5.91 Å². The number of benzene rings is 2. The molecule has 0 aromatic heterocycles. The van der Waals surface area contributed by atoms with Gasteiger partial charge in [0.05, 0.1) is 12.1 Å². The number of hydrogen-bond acceptors (Lipinski definition) is 7. The fourth-order valence-electron chi connectivity index (χ4n) is 5.16. The van der Waals surface area contributed by atoms with Crippen LogP contribution in [0.4, 0.5) is 5.69 Å². The van der Waals surface area contributed by atoms with E-state index in [1.54, 1.807) is 18.2 Å². The highest BCUT2D eigenvalue weighted by Crippen LogP contribution is 2.33. The van der Waals surface area contributed by atoms with Crippen molar-refractivity contribution >= 4 is 40.9 Å². The monoisotopic (exact) mass is 514 g/mol. The molecular formula is C28H26N4O6. The molecule has 0 bridgehead atoms. The van der Waals surface area contributed by atoms with Gasteiger partial charge in [-0.2, -0.15) is 0 Å². The summed E-state index contributed by atoms with van der Waals surface area (Å²) in [5.74, 6) is -2.33. The van der Waals surface area contributed by atoms with Crippen LogP contribution in [-0.4, -0.2) is 52.7 Å². The SMILES string of the molecule is O=C1CCC(N2Cc3c(NC(=O)CNC=C4C(=O)CC(c5ccccc5)CC4=O)cccc3C2=O)C(=O)N1. The number of amides is 4. The van der Waals surface area contributed by atoms with Crippen LogP contribution in [0.25, 0.3) is 0 Å². The molecule has 2 aliphatic heterocycles. The molecular weight excluding hydrogens is 488 g/mol. The lowest BCUT2D eigenvalue weighted by atomic mass is 9.80. The molecule has 10 heteroatoms. The molecule has 1 saturated heterocycles. The van der Waals surface area contributed by atoms with Gasteiger partial charge in [-0.15, -0.1) is 0 Å². The molecule has 3 aliphatic rings. The third kappa shape index (κ3) is 4.97. The Morgan fingerprint density at radius 1 is 0.974 bits per heavy atom. The summed E-state index contributed by atoms with van der Waals surface area (Å²) >= 11 is 0. The Kier molecular flexibility index (Phi) is 6.87. The standard InChI is InChI=1S/C28H26N4O6/c33-23-11-17(16-5-2-1-3-6-16)12-24(34)19(23)13-29-14-26(36)30-21-8-4-7-18-20(21)15-32(28(18)38)22-9-10-25(35)31-27(22)37/h1-8,13,17,22,29H,9-12,14-15H2,(H,30,36)(H,31,35,37). The lowest BCUT2D eigenvalue weighted by molar-refractivity contribution is -0.137. The van der Waals surface area contributed by atoms with E-state index in [2.05, 4.69) is 16.0 Å². The second kappa shape index (κ2) is 10.4. The number of Topliss-reactive ketones (excluding diaryl/α,β-unsaturated/α-hetero) is 2. The smallest absolute Gasteiger partial charge is 0.255 e. The van der Waals surface area contributed by atoms with Crippen LogP contribution in [0, 0.1) is 0 Å². The summed E-state index contributed by atoms with van der Waals surface area (Å²) in [5, 5.41) is 7.78. The Balaban J connectivity index is 1.19. The number of nitrogens with zero attached hydrogens (tertiary/aromatic N) is 1. The van der Waals surface area contributed by atoms with Gasteiger partial charge < -0.3 is 15.5 Å². The fourth-order valence-corrected chi connectivity index (χ4v) is 5.16. The molecule has 10 nitrogen and oxygen atoms in total. The lowest BCUT2D eigenvalue weighted by Gasteiger charge is -2.29. The molecule has 2 heterocycles. The molecule has 2 aromatic rings. The van der Waals surface area contributed by atoms with Crippen molar-refractivity contribution in [2.45, 2.75) is 44.2 Å². The second-order valence-corrected chi connectivity index (χ2v) is 9.58. The van der Waals surface area contributed by atoms with Gasteiger partial charge in [0.15, 0.2) is 11.6 Å². The predicted octanol–water partition coefficient (Wildman–Crippen LogP) is 1.58. The van der Waals surface area contributed by atoms with E-state index in [9.17, 15) is 28.8 Å². The van der Waals surface area contributed by atoms with Crippen molar-refractivity contribution in [1.82, 2.24) is 15.5 Å². The third-order valence-electron chi connectivity index (χ3n) is 7.10. The first-order chi connectivity index (χ1) is 18.3. The molecule has 0 radical (unpaired) electrons. The number of carbonyl (C=O) groups excluding carboxylic acids is 6. The number of hydrogen-bond donors (Lipinski definition) is 3. The van der Waals surface area contributed by atoms with Gasteiger partial charge in [0, 0.05) is 48.8 Å². The number of anilines is 1. The molecule has 3 N–H and O–H groups in total. The van der Waals surface area contributed by atoms with Gasteiger partial charge in [-0.3, -0.25) is 34.1 Å². The minimum atomic E-state index is -0.753.